The smallest absolute Gasteiger partial charge is 0.184 e. The van der Waals surface area contributed by atoms with Gasteiger partial charge < -0.3 is 10.2 Å². The standard InChI is InChI=1S/C5H11N3O/c1-7-4-8(2)5(6)3-9/h3,6-7H,4H2,1-2H3. The molecule has 0 heterocycles. The van der Waals surface area contributed by atoms with Crippen molar-refractivity contribution in [3.8, 4) is 0 Å². The van der Waals surface area contributed by atoms with Crippen molar-refractivity contribution in [3.63, 3.8) is 0 Å². The van der Waals surface area contributed by atoms with Crippen LogP contribution in [0.2, 0.25) is 0 Å². The maximum Gasteiger partial charge on any atom is 0.184 e. The second-order valence-electron chi connectivity index (χ2n) is 1.71. The fourth-order valence-corrected chi connectivity index (χ4v) is 0.412. The number of amidine groups is 1. The van der Waals surface area contributed by atoms with E-state index < -0.39 is 0 Å². The first kappa shape index (κ1) is 8.10. The Labute approximate surface area is 54.4 Å². The summed E-state index contributed by atoms with van der Waals surface area (Å²) in [5.74, 6) is -0.00986. The first-order valence-electron chi connectivity index (χ1n) is 2.61. The quantitative estimate of drug-likeness (QED) is 0.229. The van der Waals surface area contributed by atoms with Crippen LogP contribution in [-0.2, 0) is 4.79 Å². The number of likely N-dealkylation sites (N-methyl/N-ethyl adjacent to an activating group) is 1. The average Bonchev–Trinajstić information content (AvgIpc) is 1.87. The Hall–Kier alpha value is -0.900. The topological polar surface area (TPSA) is 56.2 Å². The Kier molecular flexibility index (Phi) is 3.62. The van der Waals surface area contributed by atoms with Gasteiger partial charge >= 0.3 is 0 Å². The molecule has 0 amide bonds. The molecule has 0 aromatic carbocycles. The minimum atomic E-state index is -0.00986. The fraction of sp³-hybridized carbons (Fsp3) is 0.600. The highest BCUT2D eigenvalue weighted by atomic mass is 16.1. The molecule has 52 valence electrons. The Balaban J connectivity index is 3.58. The monoisotopic (exact) mass is 129 g/mol. The molecule has 0 bridgehead atoms. The fourth-order valence-electron chi connectivity index (χ4n) is 0.412. The molecule has 2 N–H and O–H groups in total. The molecular formula is C5H11N3O. The number of nitrogens with zero attached hydrogens (tertiary/aromatic N) is 1. The molecule has 0 saturated carbocycles. The summed E-state index contributed by atoms with van der Waals surface area (Å²) in [5, 5.41) is 9.77. The highest BCUT2D eigenvalue weighted by Gasteiger charge is 1.97. The molecule has 0 spiro atoms. The van der Waals surface area contributed by atoms with Crippen molar-refractivity contribution in [1.82, 2.24) is 10.2 Å². The van der Waals surface area contributed by atoms with Crippen molar-refractivity contribution in [2.24, 2.45) is 0 Å². The summed E-state index contributed by atoms with van der Waals surface area (Å²) in [4.78, 5) is 11.4. The summed E-state index contributed by atoms with van der Waals surface area (Å²) >= 11 is 0. The van der Waals surface area contributed by atoms with Crippen molar-refractivity contribution in [1.29, 1.82) is 5.41 Å². The van der Waals surface area contributed by atoms with E-state index in [2.05, 4.69) is 5.32 Å². The number of carbonyl (C=O) groups is 1. The zero-order valence-corrected chi connectivity index (χ0v) is 5.64. The van der Waals surface area contributed by atoms with Crippen LogP contribution in [0.15, 0.2) is 0 Å². The van der Waals surface area contributed by atoms with Crippen LogP contribution in [0.4, 0.5) is 0 Å². The van der Waals surface area contributed by atoms with E-state index in [1.807, 2.05) is 0 Å². The summed E-state index contributed by atoms with van der Waals surface area (Å²) in [6.07, 6.45) is 0.511. The van der Waals surface area contributed by atoms with Gasteiger partial charge in [0.15, 0.2) is 12.1 Å². The zero-order valence-electron chi connectivity index (χ0n) is 5.64. The van der Waals surface area contributed by atoms with Crippen LogP contribution in [0, 0.1) is 5.41 Å². The van der Waals surface area contributed by atoms with E-state index in [4.69, 9.17) is 5.41 Å². The number of hydrogen-bond acceptors (Lipinski definition) is 3. The SMILES string of the molecule is CNCN(C)C(=N)C=O. The van der Waals surface area contributed by atoms with Gasteiger partial charge in [0.05, 0.1) is 6.67 Å². The van der Waals surface area contributed by atoms with Gasteiger partial charge in [0, 0.05) is 7.05 Å². The maximum atomic E-state index is 9.93. The molecule has 0 aliphatic rings. The van der Waals surface area contributed by atoms with Crippen LogP contribution < -0.4 is 5.32 Å². The molecule has 0 radical (unpaired) electrons. The van der Waals surface area contributed by atoms with E-state index in [-0.39, 0.29) is 5.84 Å². The number of carbonyl (C=O) groups excluding carboxylic acids is 1. The predicted octanol–water partition coefficient (Wildman–Crippen LogP) is -0.729. The third-order valence-corrected chi connectivity index (χ3v) is 0.918. The van der Waals surface area contributed by atoms with Gasteiger partial charge in [0.1, 0.15) is 0 Å². The number of nitrogens with one attached hydrogen (secondary N) is 2. The lowest BCUT2D eigenvalue weighted by molar-refractivity contribution is -0.103. The second kappa shape index (κ2) is 4.03. The van der Waals surface area contributed by atoms with Gasteiger partial charge in [-0.05, 0) is 7.05 Å². The number of rotatable bonds is 3. The Bertz CT molecular complexity index is 113. The maximum absolute atomic E-state index is 9.93. The molecule has 0 atom stereocenters. The zero-order chi connectivity index (χ0) is 7.28. The first-order chi connectivity index (χ1) is 4.22. The van der Waals surface area contributed by atoms with Crippen molar-refractivity contribution in [2.45, 2.75) is 0 Å². The van der Waals surface area contributed by atoms with Gasteiger partial charge in [0.2, 0.25) is 0 Å². The van der Waals surface area contributed by atoms with E-state index in [1.165, 1.54) is 4.90 Å². The summed E-state index contributed by atoms with van der Waals surface area (Å²) in [6, 6.07) is 0. The van der Waals surface area contributed by atoms with Crippen LogP contribution in [0.25, 0.3) is 0 Å². The molecule has 9 heavy (non-hydrogen) atoms. The minimum Gasteiger partial charge on any atom is -0.345 e. The minimum absolute atomic E-state index is 0.00986. The van der Waals surface area contributed by atoms with E-state index in [0.717, 1.165) is 0 Å². The van der Waals surface area contributed by atoms with E-state index in [1.54, 1.807) is 14.1 Å². The van der Waals surface area contributed by atoms with Crippen LogP contribution in [-0.4, -0.2) is 37.8 Å². The molecule has 0 unspecified atom stereocenters. The van der Waals surface area contributed by atoms with Crippen LogP contribution >= 0.6 is 0 Å². The van der Waals surface area contributed by atoms with Crippen molar-refractivity contribution in [2.75, 3.05) is 20.8 Å². The van der Waals surface area contributed by atoms with Crippen molar-refractivity contribution < 1.29 is 4.79 Å². The molecular weight excluding hydrogens is 118 g/mol. The summed E-state index contributed by atoms with van der Waals surface area (Å²) < 4.78 is 0. The largest absolute Gasteiger partial charge is 0.345 e. The number of hydrogen-bond donors (Lipinski definition) is 2. The van der Waals surface area contributed by atoms with Gasteiger partial charge in [-0.15, -0.1) is 0 Å². The van der Waals surface area contributed by atoms with E-state index >= 15 is 0 Å². The molecule has 0 aliphatic carbocycles. The molecule has 0 aromatic heterocycles. The van der Waals surface area contributed by atoms with Crippen molar-refractivity contribution in [3.05, 3.63) is 0 Å². The predicted molar refractivity (Wildman–Crippen MR) is 35.5 cm³/mol. The Morgan fingerprint density at radius 2 is 2.44 bits per heavy atom. The van der Waals surface area contributed by atoms with Crippen LogP contribution in [0.3, 0.4) is 0 Å². The third kappa shape index (κ3) is 2.81. The lowest BCUT2D eigenvalue weighted by Gasteiger charge is -2.14. The summed E-state index contributed by atoms with van der Waals surface area (Å²) in [5.41, 5.74) is 0. The van der Waals surface area contributed by atoms with E-state index in [9.17, 15) is 4.79 Å². The molecule has 0 fully saturated rings. The molecule has 0 aromatic rings. The van der Waals surface area contributed by atoms with Gasteiger partial charge in [-0.1, -0.05) is 0 Å². The lowest BCUT2D eigenvalue weighted by Crippen LogP contribution is -2.34. The summed E-state index contributed by atoms with van der Waals surface area (Å²) in [7, 11) is 3.43. The first-order valence-corrected chi connectivity index (χ1v) is 2.61. The second-order valence-corrected chi connectivity index (χ2v) is 1.71. The molecule has 4 heteroatoms. The van der Waals surface area contributed by atoms with Gasteiger partial charge in [-0.3, -0.25) is 10.2 Å². The summed E-state index contributed by atoms with van der Waals surface area (Å²) in [6.45, 7) is 0.525. The Morgan fingerprint density at radius 1 is 1.89 bits per heavy atom. The third-order valence-electron chi connectivity index (χ3n) is 0.918. The molecule has 4 nitrogen and oxygen atoms in total. The van der Waals surface area contributed by atoms with Crippen molar-refractivity contribution >= 4 is 12.1 Å². The Morgan fingerprint density at radius 3 is 2.78 bits per heavy atom. The van der Waals surface area contributed by atoms with Gasteiger partial charge in [0.25, 0.3) is 0 Å². The molecule has 0 aliphatic heterocycles. The average molecular weight is 129 g/mol. The highest BCUT2D eigenvalue weighted by molar-refractivity contribution is 6.25. The normalized spacial score (nSPS) is 8.67. The van der Waals surface area contributed by atoms with Crippen LogP contribution in [0.5, 0.6) is 0 Å². The lowest BCUT2D eigenvalue weighted by atomic mass is 10.6. The molecule has 0 saturated heterocycles. The molecule has 0 rings (SSSR count). The highest BCUT2D eigenvalue weighted by Crippen LogP contribution is 1.75. The van der Waals surface area contributed by atoms with Gasteiger partial charge in [-0.2, -0.15) is 0 Å². The number of aldehydes is 1. The van der Waals surface area contributed by atoms with Gasteiger partial charge in [-0.25, -0.2) is 0 Å². The van der Waals surface area contributed by atoms with Crippen LogP contribution in [0.1, 0.15) is 0 Å². The van der Waals surface area contributed by atoms with E-state index in [0.29, 0.717) is 13.0 Å².